The summed E-state index contributed by atoms with van der Waals surface area (Å²) in [6.45, 7) is 6.33. The number of hydroxylamine groups is 2. The molecule has 0 saturated carbocycles. The van der Waals surface area contributed by atoms with Crippen molar-refractivity contribution in [1.82, 2.24) is 9.63 Å². The Kier molecular flexibility index (Phi) is 2.56. The van der Waals surface area contributed by atoms with Gasteiger partial charge in [0.05, 0.1) is 11.6 Å². The molecule has 3 heterocycles. The van der Waals surface area contributed by atoms with Crippen molar-refractivity contribution in [2.75, 3.05) is 0 Å². The Bertz CT molecular complexity index is 617. The maximum atomic E-state index is 6.27. The van der Waals surface area contributed by atoms with E-state index in [1.165, 1.54) is 11.3 Å². The first-order valence-electron chi connectivity index (χ1n) is 7.30. The zero-order valence-electron chi connectivity index (χ0n) is 12.0. The number of hydrogen-bond donors (Lipinski definition) is 0. The lowest BCUT2D eigenvalue weighted by Gasteiger charge is -2.24. The van der Waals surface area contributed by atoms with Gasteiger partial charge in [0.2, 0.25) is 0 Å². The molecule has 3 heteroatoms. The van der Waals surface area contributed by atoms with Crippen LogP contribution in [0, 0.1) is 5.92 Å². The molecule has 3 nitrogen and oxygen atoms in total. The normalized spacial score (nSPS) is 27.5. The highest BCUT2D eigenvalue weighted by molar-refractivity contribution is 5.22. The van der Waals surface area contributed by atoms with Gasteiger partial charge in [-0.2, -0.15) is 5.06 Å². The van der Waals surface area contributed by atoms with E-state index in [0.717, 1.165) is 13.1 Å². The van der Waals surface area contributed by atoms with Gasteiger partial charge in [-0.15, -0.1) is 0 Å². The molecule has 2 atom stereocenters. The summed E-state index contributed by atoms with van der Waals surface area (Å²) >= 11 is 0. The number of benzene rings is 1. The molecule has 1 aromatic heterocycles. The Morgan fingerprint density at radius 2 is 1.95 bits per heavy atom. The van der Waals surface area contributed by atoms with E-state index in [-0.39, 0.29) is 5.60 Å². The molecule has 4 rings (SSSR count). The molecule has 1 aromatic carbocycles. The standard InChI is InChI=1S/C17H20N2O/c1-17(2)14-12-18-10-6-9-15(18)16(14)19(20-17)11-13-7-4-3-5-8-13/h3-10,14,16H,11-12H2,1-2H3/t14-,16-/m1/s1. The van der Waals surface area contributed by atoms with E-state index >= 15 is 0 Å². The zero-order valence-corrected chi connectivity index (χ0v) is 12.0. The van der Waals surface area contributed by atoms with Crippen molar-refractivity contribution in [3.05, 3.63) is 59.9 Å². The van der Waals surface area contributed by atoms with Gasteiger partial charge < -0.3 is 4.57 Å². The van der Waals surface area contributed by atoms with Crippen molar-refractivity contribution in [3.63, 3.8) is 0 Å². The maximum absolute atomic E-state index is 6.27. The number of fused-ring (bicyclic) bond motifs is 3. The fraction of sp³-hybridized carbons (Fsp3) is 0.412. The molecule has 0 bridgehead atoms. The smallest absolute Gasteiger partial charge is 0.0909 e. The van der Waals surface area contributed by atoms with Crippen molar-refractivity contribution in [2.45, 2.75) is 38.6 Å². The second-order valence-corrected chi connectivity index (χ2v) is 6.39. The van der Waals surface area contributed by atoms with E-state index in [1.54, 1.807) is 0 Å². The highest BCUT2D eigenvalue weighted by Gasteiger charge is 2.53. The Morgan fingerprint density at radius 3 is 2.75 bits per heavy atom. The van der Waals surface area contributed by atoms with Crippen molar-refractivity contribution >= 4 is 0 Å². The van der Waals surface area contributed by atoms with Crippen LogP contribution in [0.1, 0.15) is 31.1 Å². The summed E-state index contributed by atoms with van der Waals surface area (Å²) in [6.07, 6.45) is 2.18. The summed E-state index contributed by atoms with van der Waals surface area (Å²) < 4.78 is 2.37. The largest absolute Gasteiger partial charge is 0.349 e. The molecule has 1 saturated heterocycles. The third kappa shape index (κ3) is 1.74. The van der Waals surface area contributed by atoms with Crippen molar-refractivity contribution in [1.29, 1.82) is 0 Å². The van der Waals surface area contributed by atoms with E-state index in [2.05, 4.69) is 72.1 Å². The van der Waals surface area contributed by atoms with Gasteiger partial charge in [-0.05, 0) is 31.5 Å². The van der Waals surface area contributed by atoms with E-state index in [0.29, 0.717) is 12.0 Å². The second-order valence-electron chi connectivity index (χ2n) is 6.39. The number of rotatable bonds is 2. The van der Waals surface area contributed by atoms with Crippen molar-refractivity contribution in [3.8, 4) is 0 Å². The third-order valence-corrected chi connectivity index (χ3v) is 4.68. The SMILES string of the molecule is CC1(C)ON(Cc2ccccc2)[C@H]2c3cccn3C[C@H]21. The van der Waals surface area contributed by atoms with E-state index < -0.39 is 0 Å². The lowest BCUT2D eigenvalue weighted by molar-refractivity contribution is -0.204. The Hall–Kier alpha value is -1.58. The highest BCUT2D eigenvalue weighted by Crippen LogP contribution is 2.50. The minimum Gasteiger partial charge on any atom is -0.349 e. The molecular weight excluding hydrogens is 248 g/mol. The summed E-state index contributed by atoms with van der Waals surface area (Å²) in [4.78, 5) is 6.27. The molecule has 0 unspecified atom stereocenters. The fourth-order valence-corrected chi connectivity index (χ4v) is 3.65. The maximum Gasteiger partial charge on any atom is 0.0909 e. The molecule has 2 aromatic rings. The van der Waals surface area contributed by atoms with Gasteiger partial charge in [-0.1, -0.05) is 30.3 Å². The van der Waals surface area contributed by atoms with Crippen LogP contribution in [0.25, 0.3) is 0 Å². The monoisotopic (exact) mass is 268 g/mol. The molecule has 1 fully saturated rings. The molecular formula is C17H20N2O. The lowest BCUT2D eigenvalue weighted by atomic mass is 9.87. The first kappa shape index (κ1) is 12.2. The molecule has 2 aliphatic rings. The molecule has 0 aliphatic carbocycles. The van der Waals surface area contributed by atoms with E-state index in [9.17, 15) is 0 Å². The third-order valence-electron chi connectivity index (χ3n) is 4.68. The molecule has 104 valence electrons. The van der Waals surface area contributed by atoms with Gasteiger partial charge in [0.15, 0.2) is 0 Å². The number of aromatic nitrogens is 1. The quantitative estimate of drug-likeness (QED) is 0.830. The van der Waals surface area contributed by atoms with Gasteiger partial charge in [0, 0.05) is 30.9 Å². The van der Waals surface area contributed by atoms with Crippen LogP contribution in [-0.2, 0) is 17.9 Å². The molecule has 2 aliphatic heterocycles. The van der Waals surface area contributed by atoms with E-state index in [1.807, 2.05) is 0 Å². The van der Waals surface area contributed by atoms with Crippen LogP contribution in [0.4, 0.5) is 0 Å². The molecule has 0 spiro atoms. The summed E-state index contributed by atoms with van der Waals surface area (Å²) in [5.74, 6) is 0.530. The zero-order chi connectivity index (χ0) is 13.7. The summed E-state index contributed by atoms with van der Waals surface area (Å²) in [7, 11) is 0. The Morgan fingerprint density at radius 1 is 1.15 bits per heavy atom. The molecule has 0 radical (unpaired) electrons. The second kappa shape index (κ2) is 4.21. The number of nitrogens with zero attached hydrogens (tertiary/aromatic N) is 2. The molecule has 0 N–H and O–H groups in total. The van der Waals surface area contributed by atoms with Gasteiger partial charge in [0.1, 0.15) is 0 Å². The van der Waals surface area contributed by atoms with E-state index in [4.69, 9.17) is 4.84 Å². The minimum atomic E-state index is -0.0987. The predicted octanol–water partition coefficient (Wildman–Crippen LogP) is 3.39. The topological polar surface area (TPSA) is 17.4 Å². The van der Waals surface area contributed by atoms with Crippen LogP contribution in [-0.4, -0.2) is 15.2 Å². The fourth-order valence-electron chi connectivity index (χ4n) is 3.65. The van der Waals surface area contributed by atoms with Gasteiger partial charge >= 0.3 is 0 Å². The minimum absolute atomic E-state index is 0.0987. The van der Waals surface area contributed by atoms with Crippen molar-refractivity contribution < 1.29 is 4.84 Å². The first-order valence-corrected chi connectivity index (χ1v) is 7.30. The number of hydrogen-bond acceptors (Lipinski definition) is 2. The van der Waals surface area contributed by atoms with Crippen LogP contribution < -0.4 is 0 Å². The lowest BCUT2D eigenvalue weighted by Crippen LogP contribution is -2.30. The molecule has 20 heavy (non-hydrogen) atoms. The van der Waals surface area contributed by atoms with Gasteiger partial charge in [-0.3, -0.25) is 4.84 Å². The molecule has 0 amide bonds. The van der Waals surface area contributed by atoms with Crippen LogP contribution in [0.2, 0.25) is 0 Å². The van der Waals surface area contributed by atoms with Crippen LogP contribution in [0.15, 0.2) is 48.7 Å². The summed E-state index contributed by atoms with van der Waals surface area (Å²) in [5, 5.41) is 2.18. The average Bonchev–Trinajstić information content (AvgIpc) is 3.03. The summed E-state index contributed by atoms with van der Waals surface area (Å²) in [5.41, 5.74) is 2.59. The average molecular weight is 268 g/mol. The Balaban J connectivity index is 1.67. The Labute approximate surface area is 119 Å². The van der Waals surface area contributed by atoms with Crippen LogP contribution in [0.3, 0.4) is 0 Å². The van der Waals surface area contributed by atoms with Gasteiger partial charge in [0.25, 0.3) is 0 Å². The highest BCUT2D eigenvalue weighted by atomic mass is 16.7. The van der Waals surface area contributed by atoms with Crippen LogP contribution in [0.5, 0.6) is 0 Å². The summed E-state index contributed by atoms with van der Waals surface area (Å²) in [6, 6.07) is 15.3. The van der Waals surface area contributed by atoms with Crippen molar-refractivity contribution in [2.24, 2.45) is 5.92 Å². The predicted molar refractivity (Wildman–Crippen MR) is 77.8 cm³/mol. The first-order chi connectivity index (χ1) is 9.65. The van der Waals surface area contributed by atoms with Gasteiger partial charge in [-0.25, -0.2) is 0 Å². The van der Waals surface area contributed by atoms with Crippen LogP contribution >= 0.6 is 0 Å².